The standard InChI is InChI=1S/C11H22N4O/c1-5-10(16-7-3)11(12-6-2)9-8-13-14-15(9)4/h8,10-12H,5-7H2,1-4H3. The van der Waals surface area contributed by atoms with Crippen LogP contribution in [-0.2, 0) is 11.8 Å². The topological polar surface area (TPSA) is 52.0 Å². The summed E-state index contributed by atoms with van der Waals surface area (Å²) in [5, 5.41) is 11.3. The first-order chi connectivity index (χ1) is 7.74. The molecule has 1 aromatic rings. The van der Waals surface area contributed by atoms with Crippen molar-refractivity contribution in [3.8, 4) is 0 Å². The molecule has 1 N–H and O–H groups in total. The first-order valence-electron chi connectivity index (χ1n) is 5.94. The molecule has 0 spiro atoms. The number of likely N-dealkylation sites (N-methyl/N-ethyl adjacent to an activating group) is 1. The maximum atomic E-state index is 5.75. The molecule has 0 aliphatic rings. The summed E-state index contributed by atoms with van der Waals surface area (Å²) in [4.78, 5) is 0. The summed E-state index contributed by atoms with van der Waals surface area (Å²) in [5.41, 5.74) is 1.07. The zero-order valence-electron chi connectivity index (χ0n) is 10.6. The van der Waals surface area contributed by atoms with Crippen LogP contribution < -0.4 is 5.32 Å². The molecule has 2 unspecified atom stereocenters. The highest BCUT2D eigenvalue weighted by Crippen LogP contribution is 2.20. The molecule has 0 amide bonds. The highest BCUT2D eigenvalue weighted by atomic mass is 16.5. The van der Waals surface area contributed by atoms with Crippen molar-refractivity contribution >= 4 is 0 Å². The molecule has 1 aromatic heterocycles. The fourth-order valence-electron chi connectivity index (χ4n) is 1.89. The van der Waals surface area contributed by atoms with Gasteiger partial charge in [0.15, 0.2) is 0 Å². The number of hydrogen-bond acceptors (Lipinski definition) is 4. The van der Waals surface area contributed by atoms with Crippen LogP contribution in [-0.4, -0.2) is 34.2 Å². The predicted molar refractivity (Wildman–Crippen MR) is 63.1 cm³/mol. The van der Waals surface area contributed by atoms with Crippen LogP contribution in [0.15, 0.2) is 6.20 Å². The normalized spacial score (nSPS) is 15.0. The van der Waals surface area contributed by atoms with E-state index in [0.29, 0.717) is 0 Å². The molecule has 0 saturated carbocycles. The Kier molecular flexibility index (Phi) is 5.42. The predicted octanol–water partition coefficient (Wildman–Crippen LogP) is 1.28. The van der Waals surface area contributed by atoms with Gasteiger partial charge in [-0.2, -0.15) is 0 Å². The van der Waals surface area contributed by atoms with Crippen LogP contribution in [0.2, 0.25) is 0 Å². The molecule has 16 heavy (non-hydrogen) atoms. The Hall–Kier alpha value is -0.940. The van der Waals surface area contributed by atoms with Crippen LogP contribution >= 0.6 is 0 Å². The third-order valence-electron chi connectivity index (χ3n) is 2.65. The minimum Gasteiger partial charge on any atom is -0.376 e. The fourth-order valence-corrected chi connectivity index (χ4v) is 1.89. The molecular formula is C11H22N4O. The molecule has 0 fully saturated rings. The van der Waals surface area contributed by atoms with E-state index >= 15 is 0 Å². The van der Waals surface area contributed by atoms with Crippen LogP contribution in [0.5, 0.6) is 0 Å². The van der Waals surface area contributed by atoms with E-state index in [9.17, 15) is 0 Å². The van der Waals surface area contributed by atoms with Crippen molar-refractivity contribution in [3.63, 3.8) is 0 Å². The van der Waals surface area contributed by atoms with Gasteiger partial charge in [0.1, 0.15) is 0 Å². The van der Waals surface area contributed by atoms with E-state index in [-0.39, 0.29) is 12.1 Å². The molecule has 1 rings (SSSR count). The highest BCUT2D eigenvalue weighted by Gasteiger charge is 2.24. The fraction of sp³-hybridized carbons (Fsp3) is 0.818. The van der Waals surface area contributed by atoms with Crippen molar-refractivity contribution in [2.45, 2.75) is 39.3 Å². The van der Waals surface area contributed by atoms with Crippen LogP contribution in [0.25, 0.3) is 0 Å². The molecule has 1 heterocycles. The lowest BCUT2D eigenvalue weighted by Gasteiger charge is -2.26. The van der Waals surface area contributed by atoms with E-state index in [1.807, 2.05) is 14.0 Å². The first-order valence-corrected chi connectivity index (χ1v) is 5.94. The number of rotatable bonds is 7. The smallest absolute Gasteiger partial charge is 0.0782 e. The summed E-state index contributed by atoms with van der Waals surface area (Å²) in [6.45, 7) is 7.88. The summed E-state index contributed by atoms with van der Waals surface area (Å²) in [7, 11) is 1.91. The van der Waals surface area contributed by atoms with Gasteiger partial charge in [-0.25, -0.2) is 0 Å². The minimum absolute atomic E-state index is 0.162. The number of aryl methyl sites for hydroxylation is 1. The number of aromatic nitrogens is 3. The maximum Gasteiger partial charge on any atom is 0.0782 e. The van der Waals surface area contributed by atoms with Crippen molar-refractivity contribution < 1.29 is 4.74 Å². The van der Waals surface area contributed by atoms with Gasteiger partial charge in [0.25, 0.3) is 0 Å². The lowest BCUT2D eigenvalue weighted by Crippen LogP contribution is -2.35. The van der Waals surface area contributed by atoms with E-state index in [4.69, 9.17) is 4.74 Å². The summed E-state index contributed by atoms with van der Waals surface area (Å²) in [5.74, 6) is 0. The second-order valence-corrected chi connectivity index (χ2v) is 3.72. The molecule has 5 heteroatoms. The Balaban J connectivity index is 2.84. The van der Waals surface area contributed by atoms with E-state index in [1.165, 1.54) is 0 Å². The van der Waals surface area contributed by atoms with Crippen molar-refractivity contribution in [2.75, 3.05) is 13.2 Å². The maximum absolute atomic E-state index is 5.75. The molecule has 0 aromatic carbocycles. The monoisotopic (exact) mass is 226 g/mol. The minimum atomic E-state index is 0.162. The molecule has 0 bridgehead atoms. The summed E-state index contributed by atoms with van der Waals surface area (Å²) < 4.78 is 7.55. The highest BCUT2D eigenvalue weighted by molar-refractivity contribution is 5.04. The van der Waals surface area contributed by atoms with Gasteiger partial charge in [-0.05, 0) is 19.9 Å². The molecule has 0 saturated heterocycles. The number of nitrogens with zero attached hydrogens (tertiary/aromatic N) is 3. The zero-order chi connectivity index (χ0) is 12.0. The van der Waals surface area contributed by atoms with Crippen molar-refractivity contribution in [3.05, 3.63) is 11.9 Å². The van der Waals surface area contributed by atoms with E-state index < -0.39 is 0 Å². The summed E-state index contributed by atoms with van der Waals surface area (Å²) in [6.07, 6.45) is 2.94. The quantitative estimate of drug-likeness (QED) is 0.761. The van der Waals surface area contributed by atoms with Crippen LogP contribution in [0.4, 0.5) is 0 Å². The SMILES string of the molecule is CCNC(c1cnnn1C)C(CC)OCC. The lowest BCUT2D eigenvalue weighted by atomic mass is 10.1. The summed E-state index contributed by atoms with van der Waals surface area (Å²) >= 11 is 0. The molecule has 5 nitrogen and oxygen atoms in total. The van der Waals surface area contributed by atoms with Crippen molar-refractivity contribution in [2.24, 2.45) is 7.05 Å². The van der Waals surface area contributed by atoms with Crippen LogP contribution in [0.3, 0.4) is 0 Å². The first kappa shape index (κ1) is 13.1. The Labute approximate surface area is 97.2 Å². The van der Waals surface area contributed by atoms with Gasteiger partial charge in [0, 0.05) is 13.7 Å². The molecule has 0 aliphatic heterocycles. The number of ether oxygens (including phenoxy) is 1. The molecular weight excluding hydrogens is 204 g/mol. The lowest BCUT2D eigenvalue weighted by molar-refractivity contribution is 0.0298. The number of hydrogen-bond donors (Lipinski definition) is 1. The Morgan fingerprint density at radius 3 is 2.62 bits per heavy atom. The van der Waals surface area contributed by atoms with Crippen molar-refractivity contribution in [1.82, 2.24) is 20.3 Å². The molecule has 2 atom stereocenters. The van der Waals surface area contributed by atoms with E-state index in [2.05, 4.69) is 29.5 Å². The molecule has 0 radical (unpaired) electrons. The van der Waals surface area contributed by atoms with E-state index in [1.54, 1.807) is 10.9 Å². The Morgan fingerprint density at radius 2 is 2.19 bits per heavy atom. The Morgan fingerprint density at radius 1 is 1.44 bits per heavy atom. The van der Waals surface area contributed by atoms with Crippen molar-refractivity contribution in [1.29, 1.82) is 0 Å². The zero-order valence-corrected chi connectivity index (χ0v) is 10.6. The van der Waals surface area contributed by atoms with Gasteiger partial charge < -0.3 is 10.1 Å². The van der Waals surface area contributed by atoms with Crippen LogP contribution in [0, 0.1) is 0 Å². The second kappa shape index (κ2) is 6.60. The van der Waals surface area contributed by atoms with Gasteiger partial charge in [0.05, 0.1) is 24.0 Å². The van der Waals surface area contributed by atoms with Crippen LogP contribution in [0.1, 0.15) is 38.9 Å². The largest absolute Gasteiger partial charge is 0.376 e. The summed E-state index contributed by atoms with van der Waals surface area (Å²) in [6, 6.07) is 0.162. The Bertz CT molecular complexity index is 300. The third-order valence-corrected chi connectivity index (χ3v) is 2.65. The average Bonchev–Trinajstić information content (AvgIpc) is 2.69. The second-order valence-electron chi connectivity index (χ2n) is 3.72. The number of nitrogens with one attached hydrogen (secondary N) is 1. The average molecular weight is 226 g/mol. The molecule has 92 valence electrons. The van der Waals surface area contributed by atoms with E-state index in [0.717, 1.165) is 25.3 Å². The van der Waals surface area contributed by atoms with Gasteiger partial charge >= 0.3 is 0 Å². The van der Waals surface area contributed by atoms with Gasteiger partial charge in [-0.15, -0.1) is 5.10 Å². The third kappa shape index (κ3) is 3.02. The van der Waals surface area contributed by atoms with Gasteiger partial charge in [0.2, 0.25) is 0 Å². The van der Waals surface area contributed by atoms with Gasteiger partial charge in [-0.3, -0.25) is 4.68 Å². The molecule has 0 aliphatic carbocycles. The van der Waals surface area contributed by atoms with Gasteiger partial charge in [-0.1, -0.05) is 19.1 Å².